The van der Waals surface area contributed by atoms with E-state index in [-0.39, 0.29) is 17.2 Å². The van der Waals surface area contributed by atoms with Crippen LogP contribution in [0.4, 0.5) is 0 Å². The molecule has 1 aliphatic heterocycles. The number of carbonyl (C=O) groups is 2. The van der Waals surface area contributed by atoms with Crippen molar-refractivity contribution in [3.8, 4) is 0 Å². The summed E-state index contributed by atoms with van der Waals surface area (Å²) >= 11 is 0. The van der Waals surface area contributed by atoms with E-state index in [4.69, 9.17) is 10.2 Å². The molecule has 2 amide bonds. The molecule has 0 aliphatic carbocycles. The first-order valence-electron chi connectivity index (χ1n) is 8.86. The predicted molar refractivity (Wildman–Crippen MR) is 89.3 cm³/mol. The molecule has 2 heterocycles. The van der Waals surface area contributed by atoms with E-state index in [1.807, 2.05) is 4.90 Å². The lowest BCUT2D eigenvalue weighted by Crippen LogP contribution is -2.34. The molecule has 0 radical (unpaired) electrons. The summed E-state index contributed by atoms with van der Waals surface area (Å²) in [5, 5.41) is 0. The van der Waals surface area contributed by atoms with Gasteiger partial charge in [0.05, 0.1) is 11.8 Å². The molecular formula is C18H28N2O3. The van der Waals surface area contributed by atoms with Crippen LogP contribution in [0.3, 0.4) is 0 Å². The van der Waals surface area contributed by atoms with Crippen LogP contribution >= 0.6 is 0 Å². The smallest absolute Gasteiger partial charge is 0.290 e. The van der Waals surface area contributed by atoms with Gasteiger partial charge < -0.3 is 15.1 Å². The third-order valence-electron chi connectivity index (χ3n) is 4.52. The average Bonchev–Trinajstić information content (AvgIpc) is 3.03. The molecule has 0 bridgehead atoms. The minimum absolute atomic E-state index is 0.0850. The molecule has 0 saturated carbocycles. The number of carbonyl (C=O) groups excluding carboxylic acids is 2. The minimum Gasteiger partial charge on any atom is -0.458 e. The number of furan rings is 1. The fourth-order valence-electron chi connectivity index (χ4n) is 3.15. The summed E-state index contributed by atoms with van der Waals surface area (Å²) in [6.45, 7) is 1.44. The van der Waals surface area contributed by atoms with Crippen molar-refractivity contribution < 1.29 is 14.0 Å². The lowest BCUT2D eigenvalue weighted by Gasteiger charge is -2.22. The maximum Gasteiger partial charge on any atom is 0.290 e. The van der Waals surface area contributed by atoms with Crippen molar-refractivity contribution in [1.82, 2.24) is 4.90 Å². The molecule has 0 aromatic carbocycles. The van der Waals surface area contributed by atoms with E-state index >= 15 is 0 Å². The van der Waals surface area contributed by atoms with Crippen LogP contribution in [0.2, 0.25) is 0 Å². The number of nitrogens with two attached hydrogens (primary N) is 1. The van der Waals surface area contributed by atoms with Gasteiger partial charge in [0.2, 0.25) is 5.76 Å². The van der Waals surface area contributed by atoms with Crippen molar-refractivity contribution in [1.29, 1.82) is 0 Å². The van der Waals surface area contributed by atoms with Crippen LogP contribution in [0.25, 0.3) is 0 Å². The van der Waals surface area contributed by atoms with Crippen LogP contribution in [-0.2, 0) is 0 Å². The molecule has 1 fully saturated rings. The lowest BCUT2D eigenvalue weighted by atomic mass is 10.1. The summed E-state index contributed by atoms with van der Waals surface area (Å²) < 4.78 is 5.24. The molecule has 2 N–H and O–H groups in total. The first kappa shape index (κ1) is 17.6. The Labute approximate surface area is 138 Å². The van der Waals surface area contributed by atoms with Gasteiger partial charge in [0.15, 0.2) is 0 Å². The molecule has 5 heteroatoms. The van der Waals surface area contributed by atoms with E-state index in [0.29, 0.717) is 0 Å². The first-order chi connectivity index (χ1) is 11.2. The van der Waals surface area contributed by atoms with E-state index in [1.165, 1.54) is 50.9 Å². The molecular weight excluding hydrogens is 292 g/mol. The second-order valence-corrected chi connectivity index (χ2v) is 6.36. The van der Waals surface area contributed by atoms with Gasteiger partial charge in [0.25, 0.3) is 11.8 Å². The number of hydrogen-bond acceptors (Lipinski definition) is 3. The van der Waals surface area contributed by atoms with Crippen LogP contribution in [0.1, 0.15) is 85.1 Å². The van der Waals surface area contributed by atoms with Crippen LogP contribution in [-0.4, -0.2) is 29.8 Å². The number of rotatable bonds is 2. The Bertz CT molecular complexity index is 496. The van der Waals surface area contributed by atoms with Gasteiger partial charge in [-0.3, -0.25) is 9.59 Å². The van der Waals surface area contributed by atoms with Crippen molar-refractivity contribution in [2.75, 3.05) is 13.1 Å². The molecule has 128 valence electrons. The second-order valence-electron chi connectivity index (χ2n) is 6.36. The number of hydrogen-bond donors (Lipinski definition) is 1. The first-order valence-corrected chi connectivity index (χ1v) is 8.86. The van der Waals surface area contributed by atoms with Gasteiger partial charge in [-0.25, -0.2) is 0 Å². The fourth-order valence-corrected chi connectivity index (χ4v) is 3.15. The van der Waals surface area contributed by atoms with E-state index in [1.54, 1.807) is 0 Å². The van der Waals surface area contributed by atoms with E-state index in [2.05, 4.69) is 0 Å². The molecule has 1 aromatic heterocycles. The van der Waals surface area contributed by atoms with Crippen LogP contribution in [0, 0.1) is 0 Å². The fraction of sp³-hybridized carbons (Fsp3) is 0.667. The molecule has 0 spiro atoms. The number of nitrogens with zero attached hydrogens (tertiary/aromatic N) is 1. The summed E-state index contributed by atoms with van der Waals surface area (Å²) in [7, 11) is 0. The molecule has 5 nitrogen and oxygen atoms in total. The normalized spacial score (nSPS) is 18.5. The quantitative estimate of drug-likeness (QED) is 0.902. The van der Waals surface area contributed by atoms with Gasteiger partial charge in [-0.15, -0.1) is 0 Å². The third-order valence-corrected chi connectivity index (χ3v) is 4.52. The number of primary amides is 1. The molecule has 0 unspecified atom stereocenters. The van der Waals surface area contributed by atoms with Gasteiger partial charge in [-0.1, -0.05) is 51.4 Å². The Balaban J connectivity index is 2.01. The Morgan fingerprint density at radius 3 is 1.83 bits per heavy atom. The van der Waals surface area contributed by atoms with Crippen molar-refractivity contribution in [2.24, 2.45) is 5.73 Å². The third kappa shape index (κ3) is 5.41. The van der Waals surface area contributed by atoms with E-state index in [0.717, 1.165) is 38.8 Å². The summed E-state index contributed by atoms with van der Waals surface area (Å²) in [5.74, 6) is -0.742. The Morgan fingerprint density at radius 2 is 1.35 bits per heavy atom. The van der Waals surface area contributed by atoms with E-state index < -0.39 is 5.91 Å². The Morgan fingerprint density at radius 1 is 0.870 bits per heavy atom. The monoisotopic (exact) mass is 320 g/mol. The lowest BCUT2D eigenvalue weighted by molar-refractivity contribution is 0.0711. The van der Waals surface area contributed by atoms with Crippen LogP contribution in [0.15, 0.2) is 16.7 Å². The number of amides is 2. The minimum atomic E-state index is -0.618. The van der Waals surface area contributed by atoms with E-state index in [9.17, 15) is 9.59 Å². The van der Waals surface area contributed by atoms with Crippen molar-refractivity contribution in [3.05, 3.63) is 23.7 Å². The highest BCUT2D eigenvalue weighted by molar-refractivity contribution is 6.04. The summed E-state index contributed by atoms with van der Waals surface area (Å²) in [6, 6.07) is 1.47. The van der Waals surface area contributed by atoms with Gasteiger partial charge >= 0.3 is 0 Å². The van der Waals surface area contributed by atoms with Gasteiger partial charge in [0, 0.05) is 13.1 Å². The van der Waals surface area contributed by atoms with Crippen LogP contribution < -0.4 is 5.73 Å². The second kappa shape index (κ2) is 9.38. The average molecular weight is 320 g/mol. The largest absolute Gasteiger partial charge is 0.458 e. The molecule has 1 aliphatic rings. The SMILES string of the molecule is NC(=O)c1ccoc1C(=O)N1CCCCCCCCCCCC1. The van der Waals surface area contributed by atoms with Crippen LogP contribution in [0.5, 0.6) is 0 Å². The van der Waals surface area contributed by atoms with Gasteiger partial charge in [-0.05, 0) is 18.9 Å². The van der Waals surface area contributed by atoms with Crippen molar-refractivity contribution in [3.63, 3.8) is 0 Å². The Hall–Kier alpha value is -1.78. The highest BCUT2D eigenvalue weighted by Gasteiger charge is 2.24. The molecule has 1 aromatic rings. The summed E-state index contributed by atoms with van der Waals surface area (Å²) in [5.41, 5.74) is 5.49. The summed E-state index contributed by atoms with van der Waals surface area (Å²) in [6.07, 6.45) is 13.3. The van der Waals surface area contributed by atoms with Crippen molar-refractivity contribution >= 4 is 11.8 Å². The molecule has 0 atom stereocenters. The molecule has 23 heavy (non-hydrogen) atoms. The van der Waals surface area contributed by atoms with Gasteiger partial charge in [0.1, 0.15) is 0 Å². The maximum atomic E-state index is 12.7. The standard InChI is InChI=1S/C18H28N2O3/c19-17(21)15-11-14-23-16(15)18(22)20-12-9-7-5-3-1-2-4-6-8-10-13-20/h11,14H,1-10,12-13H2,(H2,19,21). The molecule has 2 rings (SSSR count). The highest BCUT2D eigenvalue weighted by atomic mass is 16.3. The molecule has 1 saturated heterocycles. The topological polar surface area (TPSA) is 76.5 Å². The Kier molecular flexibility index (Phi) is 7.17. The van der Waals surface area contributed by atoms with Gasteiger partial charge in [-0.2, -0.15) is 0 Å². The zero-order valence-electron chi connectivity index (χ0n) is 13.9. The zero-order chi connectivity index (χ0) is 16.5. The highest BCUT2D eigenvalue weighted by Crippen LogP contribution is 2.17. The summed E-state index contributed by atoms with van der Waals surface area (Å²) in [4.78, 5) is 25.9. The maximum absolute atomic E-state index is 12.7. The van der Waals surface area contributed by atoms with Crippen molar-refractivity contribution in [2.45, 2.75) is 64.2 Å². The predicted octanol–water partition coefficient (Wildman–Crippen LogP) is 3.74. The zero-order valence-corrected chi connectivity index (χ0v) is 13.9.